The van der Waals surface area contributed by atoms with Crippen molar-refractivity contribution in [3.05, 3.63) is 0 Å². The molecule has 0 aromatic heterocycles. The van der Waals surface area contributed by atoms with Gasteiger partial charge in [-0.2, -0.15) is 0 Å². The van der Waals surface area contributed by atoms with Crippen LogP contribution >= 0.6 is 0 Å². The van der Waals surface area contributed by atoms with Crippen molar-refractivity contribution in [1.82, 2.24) is 5.32 Å². The lowest BCUT2D eigenvalue weighted by molar-refractivity contribution is -0.141. The Morgan fingerprint density at radius 1 is 1.58 bits per heavy atom. The standard InChI is InChI=1S/C8H13NO3/c1-4-3-6(4)7(10)9-5(2)8(11)12/h4-6H,3H2,1-2H3,(H,9,10)(H,11,12)/t4?,5-,6?/m0/s1. The smallest absolute Gasteiger partial charge is 0.325 e. The fourth-order valence-electron chi connectivity index (χ4n) is 1.07. The first-order valence-corrected chi connectivity index (χ1v) is 4.05. The number of amides is 1. The van der Waals surface area contributed by atoms with E-state index in [-0.39, 0.29) is 11.8 Å². The highest BCUT2D eigenvalue weighted by molar-refractivity contribution is 5.86. The average Bonchev–Trinajstić information content (AvgIpc) is 2.66. The number of hydrogen-bond donors (Lipinski definition) is 2. The SMILES string of the molecule is CC1CC1C(=O)N[C@@H](C)C(=O)O. The first kappa shape index (κ1) is 9.03. The molecule has 68 valence electrons. The highest BCUT2D eigenvalue weighted by Gasteiger charge is 2.39. The van der Waals surface area contributed by atoms with Crippen LogP contribution in [-0.4, -0.2) is 23.0 Å². The summed E-state index contributed by atoms with van der Waals surface area (Å²) in [6.45, 7) is 3.45. The molecule has 0 heterocycles. The van der Waals surface area contributed by atoms with Crippen LogP contribution in [0.15, 0.2) is 0 Å². The molecule has 4 nitrogen and oxygen atoms in total. The number of rotatable bonds is 3. The first-order valence-electron chi connectivity index (χ1n) is 4.05. The molecule has 0 bridgehead atoms. The summed E-state index contributed by atoms with van der Waals surface area (Å²) in [5, 5.41) is 10.9. The van der Waals surface area contributed by atoms with E-state index in [2.05, 4.69) is 5.32 Å². The molecule has 3 atom stereocenters. The van der Waals surface area contributed by atoms with Crippen molar-refractivity contribution in [2.24, 2.45) is 11.8 Å². The zero-order valence-electron chi connectivity index (χ0n) is 7.20. The van der Waals surface area contributed by atoms with E-state index in [0.717, 1.165) is 6.42 Å². The van der Waals surface area contributed by atoms with Crippen LogP contribution in [0, 0.1) is 11.8 Å². The predicted octanol–water partition coefficient (Wildman–Crippen LogP) is 0.232. The van der Waals surface area contributed by atoms with Gasteiger partial charge in [0.25, 0.3) is 0 Å². The number of carbonyl (C=O) groups is 2. The summed E-state index contributed by atoms with van der Waals surface area (Å²) in [5.41, 5.74) is 0. The van der Waals surface area contributed by atoms with Gasteiger partial charge in [-0.1, -0.05) is 6.92 Å². The monoisotopic (exact) mass is 171 g/mol. The fourth-order valence-corrected chi connectivity index (χ4v) is 1.07. The van der Waals surface area contributed by atoms with Crippen molar-refractivity contribution in [3.8, 4) is 0 Å². The van der Waals surface area contributed by atoms with E-state index in [1.54, 1.807) is 0 Å². The Bertz CT molecular complexity index is 214. The highest BCUT2D eigenvalue weighted by atomic mass is 16.4. The van der Waals surface area contributed by atoms with Gasteiger partial charge in [0.2, 0.25) is 5.91 Å². The molecule has 12 heavy (non-hydrogen) atoms. The van der Waals surface area contributed by atoms with Gasteiger partial charge in [0.1, 0.15) is 6.04 Å². The van der Waals surface area contributed by atoms with E-state index in [1.165, 1.54) is 6.92 Å². The summed E-state index contributed by atoms with van der Waals surface area (Å²) in [5.74, 6) is -0.646. The minimum atomic E-state index is -0.989. The van der Waals surface area contributed by atoms with Gasteiger partial charge >= 0.3 is 5.97 Å². The number of carbonyl (C=O) groups excluding carboxylic acids is 1. The Morgan fingerprint density at radius 3 is 2.42 bits per heavy atom. The second-order valence-electron chi connectivity index (χ2n) is 3.39. The van der Waals surface area contributed by atoms with Gasteiger partial charge in [0.05, 0.1) is 0 Å². The zero-order chi connectivity index (χ0) is 9.30. The third-order valence-corrected chi connectivity index (χ3v) is 2.18. The lowest BCUT2D eigenvalue weighted by atomic mass is 10.3. The largest absolute Gasteiger partial charge is 0.480 e. The van der Waals surface area contributed by atoms with Gasteiger partial charge in [-0.25, -0.2) is 0 Å². The van der Waals surface area contributed by atoms with E-state index in [9.17, 15) is 9.59 Å². The molecule has 0 aromatic rings. The zero-order valence-corrected chi connectivity index (χ0v) is 7.20. The predicted molar refractivity (Wildman–Crippen MR) is 42.5 cm³/mol. The molecule has 2 unspecified atom stereocenters. The Hall–Kier alpha value is -1.06. The van der Waals surface area contributed by atoms with Gasteiger partial charge in [-0.15, -0.1) is 0 Å². The van der Waals surface area contributed by atoms with E-state index >= 15 is 0 Å². The molecular weight excluding hydrogens is 158 g/mol. The average molecular weight is 171 g/mol. The summed E-state index contributed by atoms with van der Waals surface area (Å²) in [7, 11) is 0. The molecule has 4 heteroatoms. The molecule has 0 spiro atoms. The summed E-state index contributed by atoms with van der Waals surface area (Å²) in [4.78, 5) is 21.5. The molecular formula is C8H13NO3. The van der Waals surface area contributed by atoms with Crippen LogP contribution < -0.4 is 5.32 Å². The van der Waals surface area contributed by atoms with E-state index in [4.69, 9.17) is 5.11 Å². The van der Waals surface area contributed by atoms with Gasteiger partial charge in [-0.3, -0.25) is 9.59 Å². The maximum atomic E-state index is 11.2. The summed E-state index contributed by atoms with van der Waals surface area (Å²) >= 11 is 0. The normalized spacial score (nSPS) is 29.2. The van der Waals surface area contributed by atoms with Gasteiger partial charge in [0, 0.05) is 5.92 Å². The number of hydrogen-bond acceptors (Lipinski definition) is 2. The van der Waals surface area contributed by atoms with Gasteiger partial charge in [0.15, 0.2) is 0 Å². The Balaban J connectivity index is 2.31. The van der Waals surface area contributed by atoms with Crippen LogP contribution in [0.4, 0.5) is 0 Å². The Kier molecular flexibility index (Phi) is 2.35. The molecule has 1 fully saturated rings. The molecule has 1 amide bonds. The summed E-state index contributed by atoms with van der Waals surface area (Å²) in [6, 6.07) is -0.773. The van der Waals surface area contributed by atoms with Crippen LogP contribution in [0.1, 0.15) is 20.3 Å². The number of carboxylic acid groups (broad SMARTS) is 1. The third-order valence-electron chi connectivity index (χ3n) is 2.18. The van der Waals surface area contributed by atoms with E-state index in [0.29, 0.717) is 5.92 Å². The molecule has 0 aliphatic heterocycles. The second-order valence-corrected chi connectivity index (χ2v) is 3.39. The first-order chi connectivity index (χ1) is 5.52. The maximum absolute atomic E-state index is 11.2. The minimum absolute atomic E-state index is 0.0480. The van der Waals surface area contributed by atoms with Crippen molar-refractivity contribution in [1.29, 1.82) is 0 Å². The van der Waals surface area contributed by atoms with Crippen molar-refractivity contribution >= 4 is 11.9 Å². The fraction of sp³-hybridized carbons (Fsp3) is 0.750. The van der Waals surface area contributed by atoms with Crippen molar-refractivity contribution in [2.45, 2.75) is 26.3 Å². The van der Waals surface area contributed by atoms with Crippen LogP contribution in [0.25, 0.3) is 0 Å². The topological polar surface area (TPSA) is 66.4 Å². The lowest BCUT2D eigenvalue weighted by Crippen LogP contribution is -2.39. The summed E-state index contributed by atoms with van der Waals surface area (Å²) < 4.78 is 0. The Labute approximate surface area is 71.0 Å². The maximum Gasteiger partial charge on any atom is 0.325 e. The highest BCUT2D eigenvalue weighted by Crippen LogP contribution is 2.37. The molecule has 1 aliphatic rings. The van der Waals surface area contributed by atoms with Crippen LogP contribution in [-0.2, 0) is 9.59 Å². The molecule has 0 aromatic carbocycles. The molecule has 0 radical (unpaired) electrons. The lowest BCUT2D eigenvalue weighted by Gasteiger charge is -2.07. The number of aliphatic carboxylic acids is 1. The van der Waals surface area contributed by atoms with Gasteiger partial charge < -0.3 is 10.4 Å². The van der Waals surface area contributed by atoms with Crippen LogP contribution in [0.5, 0.6) is 0 Å². The van der Waals surface area contributed by atoms with E-state index < -0.39 is 12.0 Å². The molecule has 1 saturated carbocycles. The third kappa shape index (κ3) is 1.96. The van der Waals surface area contributed by atoms with Crippen molar-refractivity contribution in [2.75, 3.05) is 0 Å². The molecule has 2 N–H and O–H groups in total. The second kappa shape index (κ2) is 3.13. The van der Waals surface area contributed by atoms with Crippen molar-refractivity contribution < 1.29 is 14.7 Å². The molecule has 1 rings (SSSR count). The Morgan fingerprint density at radius 2 is 2.08 bits per heavy atom. The van der Waals surface area contributed by atoms with Gasteiger partial charge in [-0.05, 0) is 19.3 Å². The van der Waals surface area contributed by atoms with Crippen LogP contribution in [0.2, 0.25) is 0 Å². The van der Waals surface area contributed by atoms with E-state index in [1.807, 2.05) is 6.92 Å². The van der Waals surface area contributed by atoms with Crippen LogP contribution in [0.3, 0.4) is 0 Å². The quantitative estimate of drug-likeness (QED) is 0.638. The molecule has 0 saturated heterocycles. The number of carboxylic acids is 1. The number of nitrogens with one attached hydrogen (secondary N) is 1. The summed E-state index contributed by atoms with van der Waals surface area (Å²) in [6.07, 6.45) is 0.887. The minimum Gasteiger partial charge on any atom is -0.480 e. The van der Waals surface area contributed by atoms with Crippen molar-refractivity contribution in [3.63, 3.8) is 0 Å². The molecule has 1 aliphatic carbocycles.